The van der Waals surface area contributed by atoms with Crippen LogP contribution in [0.25, 0.3) is 16.3 Å². The molecular formula is C18H13N3OS. The topological polar surface area (TPSA) is 65.8 Å². The number of nitriles is 1. The second-order valence-corrected chi connectivity index (χ2v) is 6.01. The number of hydrogen-bond acceptors (Lipinski definition) is 4. The van der Waals surface area contributed by atoms with Crippen LogP contribution in [0.15, 0.2) is 54.1 Å². The van der Waals surface area contributed by atoms with Crippen LogP contribution in [0.4, 0.5) is 5.13 Å². The van der Waals surface area contributed by atoms with E-state index >= 15 is 0 Å². The predicted octanol–water partition coefficient (Wildman–Crippen LogP) is 4.15. The number of anilines is 1. The molecular weight excluding hydrogens is 306 g/mol. The fraction of sp³-hybridized carbons (Fsp3) is 0.0556. The molecule has 112 valence electrons. The molecule has 0 spiro atoms. The Labute approximate surface area is 137 Å². The number of para-hydroxylation sites is 1. The van der Waals surface area contributed by atoms with Crippen LogP contribution in [-0.2, 0) is 4.79 Å². The van der Waals surface area contributed by atoms with E-state index in [9.17, 15) is 10.1 Å². The molecule has 0 saturated heterocycles. The maximum Gasteiger partial charge on any atom is 0.268 e. The monoisotopic (exact) mass is 319 g/mol. The number of nitrogens with zero attached hydrogens (tertiary/aromatic N) is 2. The minimum Gasteiger partial charge on any atom is -0.297 e. The molecule has 1 amide bonds. The number of fused-ring (bicyclic) bond motifs is 1. The number of carbonyl (C=O) groups excluding carboxylic acids is 1. The van der Waals surface area contributed by atoms with Crippen LogP contribution in [0.3, 0.4) is 0 Å². The van der Waals surface area contributed by atoms with Crippen molar-refractivity contribution in [3.8, 4) is 6.07 Å². The van der Waals surface area contributed by atoms with Crippen molar-refractivity contribution in [3.05, 3.63) is 65.2 Å². The molecule has 0 atom stereocenters. The smallest absolute Gasteiger partial charge is 0.268 e. The zero-order valence-electron chi connectivity index (χ0n) is 12.4. The highest BCUT2D eigenvalue weighted by molar-refractivity contribution is 7.22. The fourth-order valence-electron chi connectivity index (χ4n) is 2.17. The van der Waals surface area contributed by atoms with E-state index < -0.39 is 5.91 Å². The van der Waals surface area contributed by atoms with Crippen LogP contribution in [0, 0.1) is 18.3 Å². The van der Waals surface area contributed by atoms with E-state index in [0.717, 1.165) is 21.3 Å². The zero-order valence-corrected chi connectivity index (χ0v) is 13.2. The van der Waals surface area contributed by atoms with E-state index in [2.05, 4.69) is 10.3 Å². The molecule has 0 saturated carbocycles. The van der Waals surface area contributed by atoms with Crippen LogP contribution in [0.1, 0.15) is 11.1 Å². The van der Waals surface area contributed by atoms with Crippen molar-refractivity contribution >= 4 is 38.7 Å². The molecule has 1 heterocycles. The summed E-state index contributed by atoms with van der Waals surface area (Å²) in [4.78, 5) is 16.7. The summed E-state index contributed by atoms with van der Waals surface area (Å²) < 4.78 is 1.01. The van der Waals surface area contributed by atoms with Gasteiger partial charge in [0.2, 0.25) is 0 Å². The SMILES string of the molecule is Cc1cccc2sc(NC(=O)/C(C#N)=C/c3ccccc3)nc12. The maximum absolute atomic E-state index is 12.3. The van der Waals surface area contributed by atoms with Crippen molar-refractivity contribution in [2.24, 2.45) is 0 Å². The number of thiazole rings is 1. The summed E-state index contributed by atoms with van der Waals surface area (Å²) in [5.74, 6) is -0.451. The van der Waals surface area contributed by atoms with Gasteiger partial charge in [-0.25, -0.2) is 4.98 Å². The van der Waals surface area contributed by atoms with E-state index in [-0.39, 0.29) is 5.57 Å². The van der Waals surface area contributed by atoms with Gasteiger partial charge in [0.15, 0.2) is 5.13 Å². The number of rotatable bonds is 3. The quantitative estimate of drug-likeness (QED) is 0.582. The Balaban J connectivity index is 1.86. The average Bonchev–Trinajstić information content (AvgIpc) is 2.97. The Morgan fingerprint density at radius 2 is 2.00 bits per heavy atom. The number of hydrogen-bond donors (Lipinski definition) is 1. The maximum atomic E-state index is 12.3. The second-order valence-electron chi connectivity index (χ2n) is 4.98. The third-order valence-corrected chi connectivity index (χ3v) is 4.25. The number of benzene rings is 2. The van der Waals surface area contributed by atoms with Crippen LogP contribution >= 0.6 is 11.3 Å². The lowest BCUT2D eigenvalue weighted by atomic mass is 10.1. The molecule has 0 unspecified atom stereocenters. The van der Waals surface area contributed by atoms with Crippen molar-refractivity contribution in [2.45, 2.75) is 6.92 Å². The van der Waals surface area contributed by atoms with E-state index in [1.165, 1.54) is 11.3 Å². The van der Waals surface area contributed by atoms with Crippen molar-refractivity contribution < 1.29 is 4.79 Å². The number of amides is 1. The highest BCUT2D eigenvalue weighted by Gasteiger charge is 2.13. The molecule has 0 bridgehead atoms. The van der Waals surface area contributed by atoms with Gasteiger partial charge in [0.1, 0.15) is 11.6 Å². The van der Waals surface area contributed by atoms with Gasteiger partial charge in [-0.3, -0.25) is 10.1 Å². The van der Waals surface area contributed by atoms with Crippen molar-refractivity contribution in [3.63, 3.8) is 0 Å². The Kier molecular flexibility index (Phi) is 4.18. The molecule has 5 heteroatoms. The number of aromatic nitrogens is 1. The lowest BCUT2D eigenvalue weighted by Gasteiger charge is -2.00. The average molecular weight is 319 g/mol. The van der Waals surface area contributed by atoms with E-state index in [1.807, 2.05) is 61.5 Å². The molecule has 3 rings (SSSR count). The third kappa shape index (κ3) is 3.28. The third-order valence-electron chi connectivity index (χ3n) is 3.32. The summed E-state index contributed by atoms with van der Waals surface area (Å²) in [6.07, 6.45) is 1.56. The van der Waals surface area contributed by atoms with Crippen LogP contribution < -0.4 is 5.32 Å². The molecule has 0 aliphatic carbocycles. The number of carbonyl (C=O) groups is 1. The second kappa shape index (κ2) is 6.42. The van der Waals surface area contributed by atoms with E-state index in [1.54, 1.807) is 6.08 Å². The first-order valence-corrected chi connectivity index (χ1v) is 7.83. The lowest BCUT2D eigenvalue weighted by molar-refractivity contribution is -0.112. The minimum atomic E-state index is -0.451. The Hall–Kier alpha value is -2.97. The van der Waals surface area contributed by atoms with Gasteiger partial charge in [0.05, 0.1) is 10.2 Å². The fourth-order valence-corrected chi connectivity index (χ4v) is 3.11. The highest BCUT2D eigenvalue weighted by Crippen LogP contribution is 2.28. The molecule has 1 aromatic heterocycles. The van der Waals surface area contributed by atoms with Gasteiger partial charge in [-0.1, -0.05) is 53.8 Å². The molecule has 0 aliphatic rings. The largest absolute Gasteiger partial charge is 0.297 e. The van der Waals surface area contributed by atoms with Crippen LogP contribution in [-0.4, -0.2) is 10.9 Å². The first-order valence-electron chi connectivity index (χ1n) is 7.02. The Morgan fingerprint density at radius 1 is 1.22 bits per heavy atom. The van der Waals surface area contributed by atoms with Gasteiger partial charge in [0, 0.05) is 0 Å². The number of nitrogens with one attached hydrogen (secondary N) is 1. The van der Waals surface area contributed by atoms with Crippen LogP contribution in [0.2, 0.25) is 0 Å². The Morgan fingerprint density at radius 3 is 2.70 bits per heavy atom. The summed E-state index contributed by atoms with van der Waals surface area (Å²) in [5, 5.41) is 12.4. The predicted molar refractivity (Wildman–Crippen MR) is 93.0 cm³/mol. The van der Waals surface area contributed by atoms with Crippen molar-refractivity contribution in [2.75, 3.05) is 5.32 Å². The highest BCUT2D eigenvalue weighted by atomic mass is 32.1. The number of aryl methyl sites for hydroxylation is 1. The molecule has 2 aromatic carbocycles. The summed E-state index contributed by atoms with van der Waals surface area (Å²) in [6, 6.07) is 17.1. The van der Waals surface area contributed by atoms with Gasteiger partial charge in [0.25, 0.3) is 5.91 Å². The summed E-state index contributed by atoms with van der Waals surface area (Å²) in [5.41, 5.74) is 2.78. The Bertz CT molecular complexity index is 936. The normalized spacial score (nSPS) is 11.2. The van der Waals surface area contributed by atoms with Gasteiger partial charge >= 0.3 is 0 Å². The molecule has 1 N–H and O–H groups in total. The van der Waals surface area contributed by atoms with E-state index in [0.29, 0.717) is 5.13 Å². The first kappa shape index (κ1) is 14.9. The standard InChI is InChI=1S/C18H13N3OS/c1-12-6-5-9-15-16(12)20-18(23-15)21-17(22)14(11-19)10-13-7-3-2-4-8-13/h2-10H,1H3,(H,20,21,22)/b14-10+. The van der Waals surface area contributed by atoms with Crippen LogP contribution in [0.5, 0.6) is 0 Å². The summed E-state index contributed by atoms with van der Waals surface area (Å²) in [6.45, 7) is 1.98. The molecule has 0 radical (unpaired) electrons. The molecule has 3 aromatic rings. The molecule has 23 heavy (non-hydrogen) atoms. The van der Waals surface area contributed by atoms with Gasteiger partial charge in [-0.15, -0.1) is 0 Å². The zero-order chi connectivity index (χ0) is 16.2. The minimum absolute atomic E-state index is 0.0483. The lowest BCUT2D eigenvalue weighted by Crippen LogP contribution is -2.13. The van der Waals surface area contributed by atoms with Gasteiger partial charge in [-0.2, -0.15) is 5.26 Å². The van der Waals surface area contributed by atoms with Gasteiger partial charge in [-0.05, 0) is 30.2 Å². The summed E-state index contributed by atoms with van der Waals surface area (Å²) >= 11 is 1.39. The van der Waals surface area contributed by atoms with Crippen molar-refractivity contribution in [1.82, 2.24) is 4.98 Å². The molecule has 0 aliphatic heterocycles. The van der Waals surface area contributed by atoms with E-state index in [4.69, 9.17) is 0 Å². The van der Waals surface area contributed by atoms with Crippen molar-refractivity contribution in [1.29, 1.82) is 5.26 Å². The first-order chi connectivity index (χ1) is 11.2. The van der Waals surface area contributed by atoms with Gasteiger partial charge < -0.3 is 0 Å². The molecule has 0 fully saturated rings. The molecule has 4 nitrogen and oxygen atoms in total. The summed E-state index contributed by atoms with van der Waals surface area (Å²) in [7, 11) is 0.